The summed E-state index contributed by atoms with van der Waals surface area (Å²) in [5.41, 5.74) is 4.52. The average molecular weight is 394 g/mol. The van der Waals surface area contributed by atoms with E-state index in [1.807, 2.05) is 38.1 Å². The number of aromatic nitrogens is 1. The van der Waals surface area contributed by atoms with E-state index >= 15 is 0 Å². The Bertz CT molecular complexity index is 1100. The van der Waals surface area contributed by atoms with Gasteiger partial charge in [0.2, 0.25) is 0 Å². The maximum Gasteiger partial charge on any atom is 0.175 e. The molecule has 1 atom stereocenters. The number of hydrogen-bond donors (Lipinski definition) is 0. The molecule has 0 amide bonds. The fraction of sp³-hybridized carbons (Fsp3) is 0.217. The molecular weight excluding hydrogens is 370 g/mol. The summed E-state index contributed by atoms with van der Waals surface area (Å²) in [7, 11) is -3.26. The minimum Gasteiger partial charge on any atom is -0.294 e. The first-order chi connectivity index (χ1) is 13.3. The highest BCUT2D eigenvalue weighted by Crippen LogP contribution is 2.32. The molecule has 0 fully saturated rings. The van der Waals surface area contributed by atoms with Gasteiger partial charge in [0.15, 0.2) is 15.6 Å². The Labute approximate surface area is 166 Å². The van der Waals surface area contributed by atoms with E-state index in [4.69, 9.17) is 0 Å². The van der Waals surface area contributed by atoms with Crippen LogP contribution in [0.4, 0.5) is 0 Å². The Hall–Kier alpha value is -2.79. The van der Waals surface area contributed by atoms with E-state index in [1.54, 1.807) is 42.6 Å². The van der Waals surface area contributed by atoms with Gasteiger partial charge in [-0.25, -0.2) is 8.42 Å². The highest BCUT2D eigenvalue weighted by atomic mass is 32.2. The van der Waals surface area contributed by atoms with Crippen molar-refractivity contribution in [3.8, 4) is 0 Å². The van der Waals surface area contributed by atoms with Crippen molar-refractivity contribution in [3.63, 3.8) is 0 Å². The monoisotopic (exact) mass is 393 g/mol. The standard InChI is InChI=1S/C23H23NO3S/c1-16-6-4-5-7-21(16)22(15-23(25)19-12-13-24-17(2)14-19)18-8-10-20(11-9-18)28(3,26)27/h4-14,22H,15H2,1-3H3. The van der Waals surface area contributed by atoms with Crippen LogP contribution in [0.25, 0.3) is 0 Å². The van der Waals surface area contributed by atoms with Gasteiger partial charge in [0.25, 0.3) is 0 Å². The molecule has 1 aromatic heterocycles. The van der Waals surface area contributed by atoms with E-state index in [1.165, 1.54) is 6.26 Å². The first-order valence-corrected chi connectivity index (χ1v) is 11.0. The number of aryl methyl sites for hydroxylation is 2. The third kappa shape index (κ3) is 4.54. The van der Waals surface area contributed by atoms with Gasteiger partial charge in [0.1, 0.15) is 0 Å². The quantitative estimate of drug-likeness (QED) is 0.578. The third-order valence-electron chi connectivity index (χ3n) is 4.88. The van der Waals surface area contributed by atoms with Gasteiger partial charge in [-0.2, -0.15) is 0 Å². The number of carbonyl (C=O) groups excluding carboxylic acids is 1. The molecule has 5 heteroatoms. The molecule has 28 heavy (non-hydrogen) atoms. The van der Waals surface area contributed by atoms with Crippen LogP contribution in [0.1, 0.15) is 45.1 Å². The Balaban J connectivity index is 2.01. The maximum absolute atomic E-state index is 13.0. The lowest BCUT2D eigenvalue weighted by atomic mass is 9.84. The molecule has 0 aliphatic rings. The van der Waals surface area contributed by atoms with Gasteiger partial charge in [0.05, 0.1) is 4.90 Å². The number of benzene rings is 2. The molecule has 3 rings (SSSR count). The van der Waals surface area contributed by atoms with Crippen molar-refractivity contribution in [3.05, 3.63) is 94.8 Å². The van der Waals surface area contributed by atoms with Gasteiger partial charge in [-0.3, -0.25) is 9.78 Å². The number of Topliss-reactive ketones (excluding diaryl/α,β-unsaturated/α-hetero) is 1. The molecule has 0 bridgehead atoms. The van der Waals surface area contributed by atoms with Crippen LogP contribution in [0.2, 0.25) is 0 Å². The molecule has 0 aliphatic carbocycles. The van der Waals surface area contributed by atoms with Gasteiger partial charge in [0, 0.05) is 36.0 Å². The Morgan fingerprint density at radius 2 is 1.68 bits per heavy atom. The van der Waals surface area contributed by atoms with Crippen molar-refractivity contribution in [2.75, 3.05) is 6.26 Å². The molecule has 0 aliphatic heterocycles. The fourth-order valence-electron chi connectivity index (χ4n) is 3.35. The lowest BCUT2D eigenvalue weighted by Gasteiger charge is -2.20. The molecule has 4 nitrogen and oxygen atoms in total. The van der Waals surface area contributed by atoms with Crippen LogP contribution in [0.3, 0.4) is 0 Å². The minimum absolute atomic E-state index is 0.0333. The number of rotatable bonds is 6. The summed E-state index contributed by atoms with van der Waals surface area (Å²) in [6, 6.07) is 18.3. The van der Waals surface area contributed by atoms with Crippen LogP contribution in [0.5, 0.6) is 0 Å². The molecule has 0 saturated carbocycles. The molecular formula is C23H23NO3S. The second-order valence-electron chi connectivity index (χ2n) is 7.06. The molecule has 0 radical (unpaired) electrons. The summed E-state index contributed by atoms with van der Waals surface area (Å²) in [5, 5.41) is 0. The lowest BCUT2D eigenvalue weighted by molar-refractivity contribution is 0.0977. The van der Waals surface area contributed by atoms with E-state index < -0.39 is 9.84 Å². The zero-order chi connectivity index (χ0) is 20.3. The molecule has 1 heterocycles. The van der Waals surface area contributed by atoms with Crippen molar-refractivity contribution >= 4 is 15.6 Å². The topological polar surface area (TPSA) is 64.1 Å². The second kappa shape index (κ2) is 8.07. The Morgan fingerprint density at radius 3 is 2.29 bits per heavy atom. The van der Waals surface area contributed by atoms with E-state index in [9.17, 15) is 13.2 Å². The van der Waals surface area contributed by atoms with Crippen LogP contribution in [-0.4, -0.2) is 25.4 Å². The van der Waals surface area contributed by atoms with E-state index in [0.717, 1.165) is 22.4 Å². The number of carbonyl (C=O) groups is 1. The van der Waals surface area contributed by atoms with E-state index in [2.05, 4.69) is 4.98 Å². The predicted molar refractivity (Wildman–Crippen MR) is 110 cm³/mol. The normalized spacial score (nSPS) is 12.5. The molecule has 2 aromatic carbocycles. The summed E-state index contributed by atoms with van der Waals surface area (Å²) in [5.74, 6) is -0.123. The first-order valence-electron chi connectivity index (χ1n) is 9.07. The third-order valence-corrected chi connectivity index (χ3v) is 6.01. The minimum atomic E-state index is -3.26. The lowest BCUT2D eigenvalue weighted by Crippen LogP contribution is -2.11. The predicted octanol–water partition coefficient (Wildman–Crippen LogP) is 4.51. The van der Waals surface area contributed by atoms with E-state index in [0.29, 0.717) is 12.0 Å². The Morgan fingerprint density at radius 1 is 1.00 bits per heavy atom. The molecule has 3 aromatic rings. The van der Waals surface area contributed by atoms with Crippen molar-refractivity contribution in [2.45, 2.75) is 31.1 Å². The number of pyridine rings is 1. The maximum atomic E-state index is 13.0. The van der Waals surface area contributed by atoms with Crippen LogP contribution in [-0.2, 0) is 9.84 Å². The van der Waals surface area contributed by atoms with Gasteiger partial charge < -0.3 is 0 Å². The second-order valence-corrected chi connectivity index (χ2v) is 9.08. The van der Waals surface area contributed by atoms with Crippen molar-refractivity contribution in [1.29, 1.82) is 0 Å². The van der Waals surface area contributed by atoms with Crippen molar-refractivity contribution in [2.24, 2.45) is 0 Å². The molecule has 0 N–H and O–H groups in total. The molecule has 0 spiro atoms. The number of sulfone groups is 1. The van der Waals surface area contributed by atoms with Crippen LogP contribution < -0.4 is 0 Å². The van der Waals surface area contributed by atoms with Crippen molar-refractivity contribution in [1.82, 2.24) is 4.98 Å². The number of hydrogen-bond acceptors (Lipinski definition) is 4. The van der Waals surface area contributed by atoms with Crippen LogP contribution >= 0.6 is 0 Å². The fourth-order valence-corrected chi connectivity index (χ4v) is 3.99. The zero-order valence-corrected chi connectivity index (χ0v) is 17.0. The Kier molecular flexibility index (Phi) is 5.75. The average Bonchev–Trinajstić information content (AvgIpc) is 2.66. The van der Waals surface area contributed by atoms with Gasteiger partial charge in [-0.05, 0) is 54.8 Å². The largest absolute Gasteiger partial charge is 0.294 e. The summed E-state index contributed by atoms with van der Waals surface area (Å²) < 4.78 is 23.5. The van der Waals surface area contributed by atoms with Gasteiger partial charge in [-0.15, -0.1) is 0 Å². The number of ketones is 1. The highest BCUT2D eigenvalue weighted by molar-refractivity contribution is 7.90. The number of nitrogens with zero attached hydrogens (tertiary/aromatic N) is 1. The summed E-state index contributed by atoms with van der Waals surface area (Å²) in [6.07, 6.45) is 3.13. The smallest absolute Gasteiger partial charge is 0.175 e. The molecule has 0 saturated heterocycles. The highest BCUT2D eigenvalue weighted by Gasteiger charge is 2.21. The summed E-state index contributed by atoms with van der Waals surface area (Å²) in [4.78, 5) is 17.4. The first kappa shape index (κ1) is 20.0. The summed E-state index contributed by atoms with van der Waals surface area (Å²) >= 11 is 0. The summed E-state index contributed by atoms with van der Waals surface area (Å²) in [6.45, 7) is 3.88. The van der Waals surface area contributed by atoms with Crippen LogP contribution in [0, 0.1) is 13.8 Å². The van der Waals surface area contributed by atoms with E-state index in [-0.39, 0.29) is 16.6 Å². The van der Waals surface area contributed by atoms with Gasteiger partial charge >= 0.3 is 0 Å². The zero-order valence-electron chi connectivity index (χ0n) is 16.2. The molecule has 144 valence electrons. The SMILES string of the molecule is Cc1cc(C(=O)CC(c2ccc(S(C)(=O)=O)cc2)c2ccccc2C)ccn1. The molecule has 1 unspecified atom stereocenters. The van der Waals surface area contributed by atoms with Gasteiger partial charge in [-0.1, -0.05) is 36.4 Å². The van der Waals surface area contributed by atoms with Crippen LogP contribution in [0.15, 0.2) is 71.8 Å². The van der Waals surface area contributed by atoms with Crippen molar-refractivity contribution < 1.29 is 13.2 Å².